The van der Waals surface area contributed by atoms with E-state index in [1.54, 1.807) is 6.07 Å². The van der Waals surface area contributed by atoms with Gasteiger partial charge in [0.1, 0.15) is 24.7 Å². The molecule has 1 fully saturated rings. The Labute approximate surface area is 206 Å². The number of nitrogens with one attached hydrogen (secondary N) is 2. The number of alkyl halides is 3. The number of hydrogen-bond acceptors (Lipinski definition) is 6. The Morgan fingerprint density at radius 1 is 1.26 bits per heavy atom. The Kier molecular flexibility index (Phi) is 9.09. The summed E-state index contributed by atoms with van der Waals surface area (Å²) in [5.41, 5.74) is 0.160. The predicted molar refractivity (Wildman–Crippen MR) is 123 cm³/mol. The van der Waals surface area contributed by atoms with Gasteiger partial charge in [-0.3, -0.25) is 14.3 Å². The Morgan fingerprint density at radius 2 is 1.97 bits per heavy atom. The smallest absolute Gasteiger partial charge is 0.366 e. The van der Waals surface area contributed by atoms with Crippen LogP contribution in [0.4, 0.5) is 19.0 Å². The average molecular weight is 517 g/mol. The van der Waals surface area contributed by atoms with Gasteiger partial charge >= 0.3 is 6.18 Å². The molecule has 2 aromatic heterocycles. The van der Waals surface area contributed by atoms with Crippen molar-refractivity contribution in [1.29, 1.82) is 0 Å². The van der Waals surface area contributed by atoms with E-state index < -0.39 is 31.2 Å². The highest BCUT2D eigenvalue weighted by atomic mass is 35.5. The SMILES string of the molecule is CC(C)N1CCC(NC(=O)c2cc(COCC(F)(F)F)nn2CC(=O)Nc2ccc(Cl)cn2)CC1. The minimum absolute atomic E-state index is 0.0566. The molecule has 3 rings (SSSR count). The van der Waals surface area contributed by atoms with E-state index in [0.29, 0.717) is 11.1 Å². The Bertz CT molecular complexity index is 1000. The summed E-state index contributed by atoms with van der Waals surface area (Å²) in [5.74, 6) is -0.729. The average Bonchev–Trinajstić information content (AvgIpc) is 3.17. The Balaban J connectivity index is 1.69. The van der Waals surface area contributed by atoms with Crippen LogP contribution in [0, 0.1) is 0 Å². The van der Waals surface area contributed by atoms with Gasteiger partial charge in [-0.05, 0) is 44.9 Å². The van der Waals surface area contributed by atoms with Gasteiger partial charge in [0.05, 0.1) is 17.3 Å². The molecule has 0 bridgehead atoms. The molecule has 0 spiro atoms. The number of ether oxygens (including phenoxy) is 1. The summed E-state index contributed by atoms with van der Waals surface area (Å²) in [7, 11) is 0. The third-order valence-corrected chi connectivity index (χ3v) is 5.69. The summed E-state index contributed by atoms with van der Waals surface area (Å²) in [6.07, 6.45) is -1.59. The molecule has 35 heavy (non-hydrogen) atoms. The van der Waals surface area contributed by atoms with E-state index in [1.807, 2.05) is 0 Å². The third-order valence-electron chi connectivity index (χ3n) is 5.46. The fraction of sp³-hybridized carbons (Fsp3) is 0.545. The van der Waals surface area contributed by atoms with E-state index in [9.17, 15) is 22.8 Å². The highest BCUT2D eigenvalue weighted by Crippen LogP contribution is 2.17. The van der Waals surface area contributed by atoms with Gasteiger partial charge in [-0.25, -0.2) is 4.98 Å². The highest BCUT2D eigenvalue weighted by molar-refractivity contribution is 6.30. The molecule has 13 heteroatoms. The maximum atomic E-state index is 13.0. The molecule has 0 radical (unpaired) electrons. The lowest BCUT2D eigenvalue weighted by Crippen LogP contribution is -2.47. The summed E-state index contributed by atoms with van der Waals surface area (Å²) in [5, 5.41) is 10.0. The molecular formula is C22H28ClF3N6O3. The molecule has 2 aromatic rings. The lowest BCUT2D eigenvalue weighted by molar-refractivity contribution is -0.176. The van der Waals surface area contributed by atoms with Crippen molar-refractivity contribution in [2.24, 2.45) is 0 Å². The van der Waals surface area contributed by atoms with Crippen LogP contribution < -0.4 is 10.6 Å². The summed E-state index contributed by atoms with van der Waals surface area (Å²) in [4.78, 5) is 31.8. The maximum Gasteiger partial charge on any atom is 0.411 e. The van der Waals surface area contributed by atoms with E-state index in [1.165, 1.54) is 18.3 Å². The van der Waals surface area contributed by atoms with Crippen molar-refractivity contribution in [1.82, 2.24) is 25.0 Å². The zero-order valence-corrected chi connectivity index (χ0v) is 20.2. The number of pyridine rings is 1. The van der Waals surface area contributed by atoms with E-state index >= 15 is 0 Å². The van der Waals surface area contributed by atoms with E-state index in [2.05, 4.69) is 44.2 Å². The van der Waals surface area contributed by atoms with Gasteiger partial charge in [0.2, 0.25) is 5.91 Å². The quantitative estimate of drug-likeness (QED) is 0.530. The molecule has 0 unspecified atom stereocenters. The molecule has 0 aromatic carbocycles. The van der Waals surface area contributed by atoms with Gasteiger partial charge in [0.25, 0.3) is 5.91 Å². The first-order valence-corrected chi connectivity index (χ1v) is 11.6. The minimum Gasteiger partial charge on any atom is -0.366 e. The number of hydrogen-bond donors (Lipinski definition) is 2. The lowest BCUT2D eigenvalue weighted by Gasteiger charge is -2.34. The predicted octanol–water partition coefficient (Wildman–Crippen LogP) is 3.25. The zero-order chi connectivity index (χ0) is 25.6. The number of anilines is 1. The standard InChI is InChI=1S/C22H28ClF3N6O3/c1-14(2)31-7-5-16(6-8-31)28-21(34)18-9-17(12-35-13-22(24,25)26)30-32(18)11-20(33)29-19-4-3-15(23)10-27-19/h3-4,9-10,14,16H,5-8,11-13H2,1-2H3,(H,28,34)(H,27,29,33). The number of halogens is 4. The van der Waals surface area contributed by atoms with Crippen LogP contribution in [0.1, 0.15) is 42.9 Å². The van der Waals surface area contributed by atoms with Gasteiger partial charge < -0.3 is 20.3 Å². The molecule has 3 heterocycles. The summed E-state index contributed by atoms with van der Waals surface area (Å²) in [6.45, 7) is 3.66. The van der Waals surface area contributed by atoms with Crippen LogP contribution in [0.25, 0.3) is 0 Å². The number of carbonyl (C=O) groups excluding carboxylic acids is 2. The second-order valence-corrected chi connectivity index (χ2v) is 9.01. The second kappa shape index (κ2) is 11.8. The van der Waals surface area contributed by atoms with Crippen LogP contribution in [-0.4, -0.2) is 69.4 Å². The van der Waals surface area contributed by atoms with E-state index in [-0.39, 0.29) is 29.8 Å². The Hall–Kier alpha value is -2.70. The van der Waals surface area contributed by atoms with E-state index in [0.717, 1.165) is 30.6 Å². The van der Waals surface area contributed by atoms with Crippen LogP contribution >= 0.6 is 11.6 Å². The molecule has 9 nitrogen and oxygen atoms in total. The summed E-state index contributed by atoms with van der Waals surface area (Å²) in [6, 6.07) is 4.76. The number of nitrogens with zero attached hydrogens (tertiary/aromatic N) is 4. The topological polar surface area (TPSA) is 101 Å². The molecule has 1 aliphatic heterocycles. The first kappa shape index (κ1) is 26.9. The minimum atomic E-state index is -4.49. The normalized spacial score (nSPS) is 15.4. The first-order valence-electron chi connectivity index (χ1n) is 11.2. The number of carbonyl (C=O) groups is 2. The number of piperidine rings is 1. The zero-order valence-electron chi connectivity index (χ0n) is 19.4. The van der Waals surface area contributed by atoms with Crippen LogP contribution in [-0.2, 0) is 22.7 Å². The number of rotatable bonds is 9. The van der Waals surface area contributed by atoms with Crippen molar-refractivity contribution in [3.8, 4) is 0 Å². The maximum absolute atomic E-state index is 13.0. The fourth-order valence-electron chi connectivity index (χ4n) is 3.70. The third kappa shape index (κ3) is 8.48. The monoisotopic (exact) mass is 516 g/mol. The van der Waals surface area contributed by atoms with Crippen molar-refractivity contribution in [3.05, 3.63) is 40.8 Å². The lowest BCUT2D eigenvalue weighted by atomic mass is 10.0. The van der Waals surface area contributed by atoms with Crippen LogP contribution in [0.2, 0.25) is 5.02 Å². The van der Waals surface area contributed by atoms with Crippen molar-refractivity contribution in [2.75, 3.05) is 25.0 Å². The van der Waals surface area contributed by atoms with Crippen molar-refractivity contribution in [2.45, 2.75) is 58.1 Å². The molecule has 0 aliphatic carbocycles. The summed E-state index contributed by atoms with van der Waals surface area (Å²) < 4.78 is 43.1. The summed E-state index contributed by atoms with van der Waals surface area (Å²) >= 11 is 5.79. The molecule has 192 valence electrons. The Morgan fingerprint density at radius 3 is 2.57 bits per heavy atom. The first-order chi connectivity index (χ1) is 16.5. The number of likely N-dealkylation sites (tertiary alicyclic amines) is 1. The molecule has 2 N–H and O–H groups in total. The van der Waals surface area contributed by atoms with Crippen molar-refractivity contribution < 1.29 is 27.5 Å². The van der Waals surface area contributed by atoms with Crippen LogP contribution in [0.15, 0.2) is 24.4 Å². The number of amides is 2. The van der Waals surface area contributed by atoms with Crippen molar-refractivity contribution >= 4 is 29.2 Å². The van der Waals surface area contributed by atoms with Crippen LogP contribution in [0.3, 0.4) is 0 Å². The van der Waals surface area contributed by atoms with Gasteiger partial charge in [-0.15, -0.1) is 0 Å². The number of aromatic nitrogens is 3. The molecule has 0 saturated carbocycles. The molecule has 1 aliphatic rings. The van der Waals surface area contributed by atoms with Gasteiger partial charge in [-0.2, -0.15) is 18.3 Å². The van der Waals surface area contributed by atoms with Gasteiger partial charge in [0.15, 0.2) is 0 Å². The molecule has 0 atom stereocenters. The van der Waals surface area contributed by atoms with Crippen molar-refractivity contribution in [3.63, 3.8) is 0 Å². The highest BCUT2D eigenvalue weighted by Gasteiger charge is 2.28. The fourth-order valence-corrected chi connectivity index (χ4v) is 3.81. The molecule has 1 saturated heterocycles. The second-order valence-electron chi connectivity index (χ2n) is 8.57. The van der Waals surface area contributed by atoms with E-state index in [4.69, 9.17) is 11.6 Å². The molecule has 2 amide bonds. The van der Waals surface area contributed by atoms with Gasteiger partial charge in [-0.1, -0.05) is 11.6 Å². The van der Waals surface area contributed by atoms with Crippen LogP contribution in [0.5, 0.6) is 0 Å². The van der Waals surface area contributed by atoms with Gasteiger partial charge in [0, 0.05) is 31.4 Å². The largest absolute Gasteiger partial charge is 0.411 e. The molecular weight excluding hydrogens is 489 g/mol.